The van der Waals surface area contributed by atoms with E-state index in [4.69, 9.17) is 0 Å². The molecule has 2 fully saturated rings. The highest BCUT2D eigenvalue weighted by Crippen LogP contribution is 2.13. The SMILES string of the molecule is O=C(C1CSCCN1)N1CCCC1. The summed E-state index contributed by atoms with van der Waals surface area (Å²) in [5, 5.41) is 3.28. The van der Waals surface area contributed by atoms with Crippen LogP contribution in [0.3, 0.4) is 0 Å². The number of carbonyl (C=O) groups excluding carboxylic acids is 1. The molecular weight excluding hydrogens is 184 g/mol. The van der Waals surface area contributed by atoms with Crippen LogP contribution in [0, 0.1) is 0 Å². The first kappa shape index (κ1) is 9.34. The van der Waals surface area contributed by atoms with Crippen molar-refractivity contribution in [3.05, 3.63) is 0 Å². The Morgan fingerprint density at radius 2 is 2.15 bits per heavy atom. The smallest absolute Gasteiger partial charge is 0.240 e. The van der Waals surface area contributed by atoms with Crippen LogP contribution in [-0.4, -0.2) is 48.0 Å². The molecule has 0 aromatic carbocycles. The first-order chi connectivity index (χ1) is 6.38. The number of thioether (sulfide) groups is 1. The van der Waals surface area contributed by atoms with Crippen LogP contribution >= 0.6 is 11.8 Å². The molecule has 1 N–H and O–H groups in total. The van der Waals surface area contributed by atoms with Crippen LogP contribution in [-0.2, 0) is 4.79 Å². The minimum absolute atomic E-state index is 0.0943. The Morgan fingerprint density at radius 1 is 1.38 bits per heavy atom. The second-order valence-corrected chi connectivity index (χ2v) is 4.76. The Balaban J connectivity index is 1.87. The molecule has 0 spiro atoms. The third kappa shape index (κ3) is 2.17. The summed E-state index contributed by atoms with van der Waals surface area (Å²) in [5.74, 6) is 2.42. The van der Waals surface area contributed by atoms with Crippen molar-refractivity contribution < 1.29 is 4.79 Å². The monoisotopic (exact) mass is 200 g/mol. The van der Waals surface area contributed by atoms with E-state index in [1.807, 2.05) is 16.7 Å². The van der Waals surface area contributed by atoms with E-state index < -0.39 is 0 Å². The van der Waals surface area contributed by atoms with Gasteiger partial charge in [0.15, 0.2) is 0 Å². The molecule has 3 nitrogen and oxygen atoms in total. The average molecular weight is 200 g/mol. The lowest BCUT2D eigenvalue weighted by Gasteiger charge is -2.26. The van der Waals surface area contributed by atoms with Crippen molar-refractivity contribution >= 4 is 17.7 Å². The van der Waals surface area contributed by atoms with E-state index in [9.17, 15) is 4.79 Å². The molecule has 2 saturated heterocycles. The fraction of sp³-hybridized carbons (Fsp3) is 0.889. The van der Waals surface area contributed by atoms with Crippen molar-refractivity contribution in [2.75, 3.05) is 31.1 Å². The van der Waals surface area contributed by atoms with E-state index >= 15 is 0 Å². The van der Waals surface area contributed by atoms with Gasteiger partial charge in [0.05, 0.1) is 6.04 Å². The summed E-state index contributed by atoms with van der Waals surface area (Å²) >= 11 is 1.88. The maximum Gasteiger partial charge on any atom is 0.240 e. The molecule has 0 aromatic rings. The average Bonchev–Trinajstić information content (AvgIpc) is 2.71. The van der Waals surface area contributed by atoms with Gasteiger partial charge in [0, 0.05) is 31.1 Å². The summed E-state index contributed by atoms with van der Waals surface area (Å²) in [6, 6.07) is 0.0943. The Hall–Kier alpha value is -0.220. The number of hydrogen-bond acceptors (Lipinski definition) is 3. The largest absolute Gasteiger partial charge is 0.341 e. The van der Waals surface area contributed by atoms with Gasteiger partial charge >= 0.3 is 0 Å². The Kier molecular flexibility index (Phi) is 3.11. The Morgan fingerprint density at radius 3 is 2.77 bits per heavy atom. The summed E-state index contributed by atoms with van der Waals surface area (Å²) in [5.41, 5.74) is 0. The highest BCUT2D eigenvalue weighted by molar-refractivity contribution is 7.99. The van der Waals surface area contributed by atoms with Gasteiger partial charge in [-0.1, -0.05) is 0 Å². The number of amides is 1. The van der Waals surface area contributed by atoms with Gasteiger partial charge in [-0.25, -0.2) is 0 Å². The fourth-order valence-corrected chi connectivity index (χ4v) is 2.81. The van der Waals surface area contributed by atoms with E-state index in [-0.39, 0.29) is 6.04 Å². The van der Waals surface area contributed by atoms with Gasteiger partial charge < -0.3 is 10.2 Å². The highest BCUT2D eigenvalue weighted by Gasteiger charge is 2.27. The summed E-state index contributed by atoms with van der Waals surface area (Å²) in [6.45, 7) is 2.93. The van der Waals surface area contributed by atoms with E-state index in [1.54, 1.807) is 0 Å². The lowest BCUT2D eigenvalue weighted by molar-refractivity contribution is -0.131. The van der Waals surface area contributed by atoms with Crippen molar-refractivity contribution in [2.24, 2.45) is 0 Å². The molecule has 0 aliphatic carbocycles. The minimum Gasteiger partial charge on any atom is -0.341 e. The second kappa shape index (κ2) is 4.33. The lowest BCUT2D eigenvalue weighted by Crippen LogP contribution is -2.49. The van der Waals surface area contributed by atoms with Gasteiger partial charge in [-0.15, -0.1) is 0 Å². The third-order valence-electron chi connectivity index (χ3n) is 2.64. The molecule has 0 bridgehead atoms. The predicted molar refractivity (Wildman–Crippen MR) is 54.9 cm³/mol. The maximum absolute atomic E-state index is 11.9. The summed E-state index contributed by atoms with van der Waals surface area (Å²) in [4.78, 5) is 13.9. The molecule has 2 heterocycles. The van der Waals surface area contributed by atoms with Crippen molar-refractivity contribution in [1.29, 1.82) is 0 Å². The normalized spacial score (nSPS) is 29.2. The van der Waals surface area contributed by atoms with Gasteiger partial charge in [-0.3, -0.25) is 4.79 Å². The van der Waals surface area contributed by atoms with Crippen molar-refractivity contribution in [2.45, 2.75) is 18.9 Å². The molecule has 0 aromatic heterocycles. The zero-order valence-electron chi connectivity index (χ0n) is 7.79. The van der Waals surface area contributed by atoms with Crippen molar-refractivity contribution in [1.82, 2.24) is 10.2 Å². The molecular formula is C9H16N2OS. The number of nitrogens with zero attached hydrogens (tertiary/aromatic N) is 1. The topological polar surface area (TPSA) is 32.3 Å². The van der Waals surface area contributed by atoms with Crippen molar-refractivity contribution in [3.63, 3.8) is 0 Å². The summed E-state index contributed by atoms with van der Waals surface area (Å²) in [7, 11) is 0. The molecule has 13 heavy (non-hydrogen) atoms. The van der Waals surface area contributed by atoms with Gasteiger partial charge in [0.1, 0.15) is 0 Å². The second-order valence-electron chi connectivity index (χ2n) is 3.61. The third-order valence-corrected chi connectivity index (χ3v) is 3.70. The van der Waals surface area contributed by atoms with Crippen LogP contribution in [0.25, 0.3) is 0 Å². The van der Waals surface area contributed by atoms with E-state index in [0.717, 1.165) is 31.1 Å². The number of rotatable bonds is 1. The van der Waals surface area contributed by atoms with E-state index in [2.05, 4.69) is 5.32 Å². The Bertz CT molecular complexity index is 186. The number of nitrogens with one attached hydrogen (secondary N) is 1. The maximum atomic E-state index is 11.9. The van der Waals surface area contributed by atoms with E-state index in [0.29, 0.717) is 5.91 Å². The van der Waals surface area contributed by atoms with Crippen LogP contribution in [0.15, 0.2) is 0 Å². The van der Waals surface area contributed by atoms with Crippen LogP contribution < -0.4 is 5.32 Å². The van der Waals surface area contributed by atoms with Gasteiger partial charge in [-0.05, 0) is 12.8 Å². The van der Waals surface area contributed by atoms with Crippen LogP contribution in [0.5, 0.6) is 0 Å². The fourth-order valence-electron chi connectivity index (χ4n) is 1.88. The van der Waals surface area contributed by atoms with Crippen LogP contribution in [0.4, 0.5) is 0 Å². The molecule has 1 amide bonds. The zero-order valence-corrected chi connectivity index (χ0v) is 8.61. The molecule has 0 saturated carbocycles. The lowest BCUT2D eigenvalue weighted by atomic mass is 10.3. The zero-order chi connectivity index (χ0) is 9.10. The molecule has 1 unspecified atom stereocenters. The Labute approximate surface area is 83.2 Å². The quantitative estimate of drug-likeness (QED) is 0.661. The van der Waals surface area contributed by atoms with Gasteiger partial charge in [-0.2, -0.15) is 11.8 Å². The summed E-state index contributed by atoms with van der Waals surface area (Å²) < 4.78 is 0. The first-order valence-electron chi connectivity index (χ1n) is 4.98. The number of hydrogen-bond donors (Lipinski definition) is 1. The standard InChI is InChI=1S/C9H16N2OS/c12-9(11-4-1-2-5-11)8-7-13-6-3-10-8/h8,10H,1-7H2. The molecule has 4 heteroatoms. The minimum atomic E-state index is 0.0943. The first-order valence-corrected chi connectivity index (χ1v) is 6.13. The highest BCUT2D eigenvalue weighted by atomic mass is 32.2. The molecule has 74 valence electrons. The molecule has 2 aliphatic heterocycles. The summed E-state index contributed by atoms with van der Waals surface area (Å²) in [6.07, 6.45) is 2.37. The van der Waals surface area contributed by atoms with E-state index in [1.165, 1.54) is 12.8 Å². The van der Waals surface area contributed by atoms with Gasteiger partial charge in [0.25, 0.3) is 0 Å². The molecule has 0 radical (unpaired) electrons. The number of carbonyl (C=O) groups is 1. The van der Waals surface area contributed by atoms with Crippen LogP contribution in [0.2, 0.25) is 0 Å². The van der Waals surface area contributed by atoms with Crippen molar-refractivity contribution in [3.8, 4) is 0 Å². The predicted octanol–water partition coefficient (Wildman–Crippen LogP) is 0.314. The van der Waals surface area contributed by atoms with Crippen LogP contribution in [0.1, 0.15) is 12.8 Å². The molecule has 1 atom stereocenters. The van der Waals surface area contributed by atoms with Gasteiger partial charge in [0.2, 0.25) is 5.91 Å². The molecule has 2 aliphatic rings. The molecule has 2 rings (SSSR count). The number of likely N-dealkylation sites (tertiary alicyclic amines) is 1.